The van der Waals surface area contributed by atoms with Gasteiger partial charge in [0.1, 0.15) is 5.82 Å². The van der Waals surface area contributed by atoms with E-state index < -0.39 is 0 Å². The third-order valence-electron chi connectivity index (χ3n) is 2.85. The molecule has 3 nitrogen and oxygen atoms in total. The normalized spacial score (nSPS) is 10.2. The minimum absolute atomic E-state index is 0.175. The zero-order chi connectivity index (χ0) is 14.5. The molecule has 2 aromatic rings. The standard InChI is InChI=1S/C15H14ClFN2O/c1-18-15(20)11-4-7-13(16)14(8-11)19-9-10-2-5-12(17)6-3-10/h2-8,19H,9H2,1H3,(H,18,20). The van der Waals surface area contributed by atoms with Crippen molar-refractivity contribution >= 4 is 23.2 Å². The van der Waals surface area contributed by atoms with E-state index in [-0.39, 0.29) is 11.7 Å². The Balaban J connectivity index is 2.12. The second-order valence-corrected chi connectivity index (χ2v) is 4.66. The van der Waals surface area contributed by atoms with Crippen LogP contribution in [0.5, 0.6) is 0 Å². The highest BCUT2D eigenvalue weighted by molar-refractivity contribution is 6.33. The number of hydrogen-bond donors (Lipinski definition) is 2. The molecule has 0 aromatic heterocycles. The van der Waals surface area contributed by atoms with Gasteiger partial charge in [-0.2, -0.15) is 0 Å². The molecule has 0 bridgehead atoms. The predicted octanol–water partition coefficient (Wildman–Crippen LogP) is 3.45. The van der Waals surface area contributed by atoms with Crippen LogP contribution >= 0.6 is 11.6 Å². The molecule has 0 aliphatic rings. The largest absolute Gasteiger partial charge is 0.380 e. The van der Waals surface area contributed by atoms with Gasteiger partial charge >= 0.3 is 0 Å². The van der Waals surface area contributed by atoms with E-state index in [4.69, 9.17) is 11.6 Å². The van der Waals surface area contributed by atoms with Gasteiger partial charge in [-0.05, 0) is 35.9 Å². The highest BCUT2D eigenvalue weighted by atomic mass is 35.5. The summed E-state index contributed by atoms with van der Waals surface area (Å²) >= 11 is 6.08. The van der Waals surface area contributed by atoms with Crippen molar-refractivity contribution in [3.8, 4) is 0 Å². The monoisotopic (exact) mass is 292 g/mol. The molecule has 1 amide bonds. The lowest BCUT2D eigenvalue weighted by Gasteiger charge is -2.10. The summed E-state index contributed by atoms with van der Waals surface area (Å²) in [6.45, 7) is 0.497. The van der Waals surface area contributed by atoms with Crippen molar-refractivity contribution in [1.82, 2.24) is 5.32 Å². The van der Waals surface area contributed by atoms with Crippen molar-refractivity contribution in [2.45, 2.75) is 6.54 Å². The lowest BCUT2D eigenvalue weighted by atomic mass is 10.1. The first-order valence-corrected chi connectivity index (χ1v) is 6.48. The third-order valence-corrected chi connectivity index (χ3v) is 3.18. The molecule has 0 saturated carbocycles. The Labute approximate surface area is 121 Å². The van der Waals surface area contributed by atoms with E-state index in [2.05, 4.69) is 10.6 Å². The van der Waals surface area contributed by atoms with Crippen LogP contribution in [-0.4, -0.2) is 13.0 Å². The second kappa shape index (κ2) is 6.39. The fourth-order valence-corrected chi connectivity index (χ4v) is 1.93. The fourth-order valence-electron chi connectivity index (χ4n) is 1.75. The van der Waals surface area contributed by atoms with E-state index in [1.807, 2.05) is 0 Å². The van der Waals surface area contributed by atoms with Crippen molar-refractivity contribution in [3.63, 3.8) is 0 Å². The topological polar surface area (TPSA) is 41.1 Å². The number of rotatable bonds is 4. The zero-order valence-corrected chi connectivity index (χ0v) is 11.7. The van der Waals surface area contributed by atoms with E-state index in [1.54, 1.807) is 37.4 Å². The lowest BCUT2D eigenvalue weighted by Crippen LogP contribution is -2.17. The third kappa shape index (κ3) is 3.48. The smallest absolute Gasteiger partial charge is 0.251 e. The van der Waals surface area contributed by atoms with Gasteiger partial charge in [-0.1, -0.05) is 23.7 Å². The van der Waals surface area contributed by atoms with Gasteiger partial charge in [-0.3, -0.25) is 4.79 Å². The molecule has 0 unspecified atom stereocenters. The van der Waals surface area contributed by atoms with Crippen LogP contribution in [0.25, 0.3) is 0 Å². The zero-order valence-electron chi connectivity index (χ0n) is 10.9. The molecule has 20 heavy (non-hydrogen) atoms. The van der Waals surface area contributed by atoms with Crippen molar-refractivity contribution in [1.29, 1.82) is 0 Å². The maximum absolute atomic E-state index is 12.8. The molecular formula is C15H14ClFN2O. The van der Waals surface area contributed by atoms with E-state index in [9.17, 15) is 9.18 Å². The maximum atomic E-state index is 12.8. The quantitative estimate of drug-likeness (QED) is 0.906. The number of carbonyl (C=O) groups is 1. The Kier molecular flexibility index (Phi) is 4.58. The fraction of sp³-hybridized carbons (Fsp3) is 0.133. The highest BCUT2D eigenvalue weighted by Crippen LogP contribution is 2.23. The summed E-state index contributed by atoms with van der Waals surface area (Å²) < 4.78 is 12.8. The van der Waals surface area contributed by atoms with Crippen LogP contribution in [0.15, 0.2) is 42.5 Å². The van der Waals surface area contributed by atoms with Crippen molar-refractivity contribution in [3.05, 3.63) is 64.4 Å². The predicted molar refractivity (Wildman–Crippen MR) is 78.6 cm³/mol. The Morgan fingerprint density at radius 1 is 1.20 bits per heavy atom. The molecule has 0 radical (unpaired) electrons. The van der Waals surface area contributed by atoms with Crippen LogP contribution in [0.2, 0.25) is 5.02 Å². The summed E-state index contributed by atoms with van der Waals surface area (Å²) in [4.78, 5) is 11.6. The Morgan fingerprint density at radius 2 is 1.90 bits per heavy atom. The number of benzene rings is 2. The number of nitrogens with one attached hydrogen (secondary N) is 2. The van der Waals surface area contributed by atoms with Gasteiger partial charge in [0.25, 0.3) is 5.91 Å². The molecule has 2 N–H and O–H groups in total. The molecule has 0 aliphatic heterocycles. The van der Waals surface area contributed by atoms with E-state index in [0.29, 0.717) is 22.8 Å². The second-order valence-electron chi connectivity index (χ2n) is 4.25. The van der Waals surface area contributed by atoms with E-state index in [1.165, 1.54) is 12.1 Å². The molecule has 0 heterocycles. The molecule has 104 valence electrons. The number of hydrogen-bond acceptors (Lipinski definition) is 2. The molecule has 5 heteroatoms. The van der Waals surface area contributed by atoms with Crippen LogP contribution < -0.4 is 10.6 Å². The Bertz CT molecular complexity index is 614. The van der Waals surface area contributed by atoms with E-state index >= 15 is 0 Å². The molecule has 0 spiro atoms. The van der Waals surface area contributed by atoms with Crippen molar-refractivity contribution in [2.24, 2.45) is 0 Å². The van der Waals surface area contributed by atoms with Crippen molar-refractivity contribution < 1.29 is 9.18 Å². The molecule has 0 aliphatic carbocycles. The van der Waals surface area contributed by atoms with E-state index in [0.717, 1.165) is 5.56 Å². The van der Waals surface area contributed by atoms with Crippen LogP contribution in [-0.2, 0) is 6.54 Å². The van der Waals surface area contributed by atoms with Gasteiger partial charge in [-0.25, -0.2) is 4.39 Å². The summed E-state index contributed by atoms with van der Waals surface area (Å²) in [6.07, 6.45) is 0. The average Bonchev–Trinajstić information content (AvgIpc) is 2.47. The summed E-state index contributed by atoms with van der Waals surface area (Å²) in [5.41, 5.74) is 2.11. The first-order chi connectivity index (χ1) is 9.60. The van der Waals surface area contributed by atoms with Crippen LogP contribution in [0.3, 0.4) is 0 Å². The van der Waals surface area contributed by atoms with Gasteiger partial charge in [0.15, 0.2) is 0 Å². The van der Waals surface area contributed by atoms with Crippen LogP contribution in [0.4, 0.5) is 10.1 Å². The maximum Gasteiger partial charge on any atom is 0.251 e. The number of amides is 1. The summed E-state index contributed by atoms with van der Waals surface area (Å²) in [6, 6.07) is 11.2. The molecular weight excluding hydrogens is 279 g/mol. The summed E-state index contributed by atoms with van der Waals surface area (Å²) in [5.74, 6) is -0.445. The van der Waals surface area contributed by atoms with Crippen molar-refractivity contribution in [2.75, 3.05) is 12.4 Å². The van der Waals surface area contributed by atoms with Crippen LogP contribution in [0, 0.1) is 5.82 Å². The first-order valence-electron chi connectivity index (χ1n) is 6.10. The summed E-state index contributed by atoms with van der Waals surface area (Å²) in [7, 11) is 1.57. The average molecular weight is 293 g/mol. The first kappa shape index (κ1) is 14.3. The number of carbonyl (C=O) groups excluding carboxylic acids is 1. The minimum atomic E-state index is -0.270. The Morgan fingerprint density at radius 3 is 2.55 bits per heavy atom. The van der Waals surface area contributed by atoms with Gasteiger partial charge in [0.05, 0.1) is 10.7 Å². The summed E-state index contributed by atoms with van der Waals surface area (Å²) in [5, 5.41) is 6.22. The van der Waals surface area contributed by atoms with Crippen LogP contribution in [0.1, 0.15) is 15.9 Å². The Hall–Kier alpha value is -2.07. The molecule has 0 saturated heterocycles. The number of halogens is 2. The molecule has 0 atom stereocenters. The molecule has 0 fully saturated rings. The van der Waals surface area contributed by atoms with Gasteiger partial charge in [-0.15, -0.1) is 0 Å². The lowest BCUT2D eigenvalue weighted by molar-refractivity contribution is 0.0963. The minimum Gasteiger partial charge on any atom is -0.380 e. The molecule has 2 rings (SSSR count). The van der Waals surface area contributed by atoms with Gasteiger partial charge in [0.2, 0.25) is 0 Å². The SMILES string of the molecule is CNC(=O)c1ccc(Cl)c(NCc2ccc(F)cc2)c1. The molecule has 2 aromatic carbocycles. The van der Waals surface area contributed by atoms with Gasteiger partial charge in [0, 0.05) is 19.2 Å². The number of anilines is 1. The van der Waals surface area contributed by atoms with Gasteiger partial charge < -0.3 is 10.6 Å². The highest BCUT2D eigenvalue weighted by Gasteiger charge is 2.07.